The predicted molar refractivity (Wildman–Crippen MR) is 97.2 cm³/mol. The van der Waals surface area contributed by atoms with Crippen molar-refractivity contribution in [1.29, 1.82) is 0 Å². The number of fused-ring (bicyclic) bond motifs is 1. The first-order valence-electron chi connectivity index (χ1n) is 8.57. The fraction of sp³-hybridized carbons (Fsp3) is 0.444. The van der Waals surface area contributed by atoms with Gasteiger partial charge in [-0.3, -0.25) is 19.2 Å². The summed E-state index contributed by atoms with van der Waals surface area (Å²) in [6.45, 7) is 4.66. The first-order valence-corrected chi connectivity index (χ1v) is 8.57. The van der Waals surface area contributed by atoms with E-state index in [4.69, 9.17) is 4.74 Å². The van der Waals surface area contributed by atoms with Gasteiger partial charge in [0.25, 0.3) is 5.56 Å². The number of nitrogens with one attached hydrogen (secondary N) is 2. The Labute approximate surface area is 146 Å². The molecule has 7 heteroatoms. The highest BCUT2D eigenvalue weighted by Gasteiger charge is 2.22. The van der Waals surface area contributed by atoms with Crippen LogP contribution in [0.25, 0.3) is 0 Å². The summed E-state index contributed by atoms with van der Waals surface area (Å²) in [5, 5.41) is 3.26. The second kappa shape index (κ2) is 7.57. The molecule has 1 aromatic heterocycles. The molecule has 2 N–H and O–H groups in total. The van der Waals surface area contributed by atoms with Crippen LogP contribution in [0.2, 0.25) is 0 Å². The summed E-state index contributed by atoms with van der Waals surface area (Å²) in [6, 6.07) is 7.55. The molecule has 0 saturated carbocycles. The zero-order valence-electron chi connectivity index (χ0n) is 14.7. The van der Waals surface area contributed by atoms with E-state index in [1.165, 1.54) is 0 Å². The number of H-pyrrole nitrogens is 1. The first-order chi connectivity index (χ1) is 12.1. The van der Waals surface area contributed by atoms with Gasteiger partial charge in [-0.25, -0.2) is 4.79 Å². The Kier molecular flexibility index (Phi) is 5.23. The Hall–Kier alpha value is -2.54. The number of methoxy groups -OCH3 is 1. The highest BCUT2D eigenvalue weighted by molar-refractivity contribution is 5.46. The molecule has 1 aliphatic heterocycles. The lowest BCUT2D eigenvalue weighted by atomic mass is 10.2. The van der Waals surface area contributed by atoms with Crippen LogP contribution in [0.1, 0.15) is 30.9 Å². The van der Waals surface area contributed by atoms with Crippen LogP contribution in [-0.2, 0) is 13.1 Å². The van der Waals surface area contributed by atoms with Crippen LogP contribution in [0, 0.1) is 0 Å². The van der Waals surface area contributed by atoms with Crippen molar-refractivity contribution in [3.63, 3.8) is 0 Å². The fourth-order valence-electron chi connectivity index (χ4n) is 3.03. The van der Waals surface area contributed by atoms with Crippen LogP contribution >= 0.6 is 0 Å². The number of aromatic nitrogens is 2. The Morgan fingerprint density at radius 1 is 1.20 bits per heavy atom. The average Bonchev–Trinajstić information content (AvgIpc) is 2.64. The van der Waals surface area contributed by atoms with Crippen molar-refractivity contribution in [2.75, 3.05) is 25.6 Å². The molecule has 1 aromatic carbocycles. The molecule has 0 unspecified atom stereocenters. The molecule has 0 spiro atoms. The van der Waals surface area contributed by atoms with Crippen LogP contribution < -0.4 is 21.3 Å². The second-order valence-electron chi connectivity index (χ2n) is 6.26. The van der Waals surface area contributed by atoms with Gasteiger partial charge in [0.15, 0.2) is 0 Å². The van der Waals surface area contributed by atoms with E-state index in [1.807, 2.05) is 24.3 Å². The van der Waals surface area contributed by atoms with Gasteiger partial charge in [0, 0.05) is 13.1 Å². The predicted octanol–water partition coefficient (Wildman–Crippen LogP) is 1.58. The molecule has 7 nitrogen and oxygen atoms in total. The van der Waals surface area contributed by atoms with Crippen LogP contribution in [0.5, 0.6) is 5.75 Å². The van der Waals surface area contributed by atoms with Crippen molar-refractivity contribution in [3.05, 3.63) is 56.2 Å². The van der Waals surface area contributed by atoms with Crippen LogP contribution in [0.4, 0.5) is 5.82 Å². The molecule has 134 valence electrons. The van der Waals surface area contributed by atoms with Gasteiger partial charge < -0.3 is 10.1 Å². The summed E-state index contributed by atoms with van der Waals surface area (Å²) in [4.78, 5) is 29.2. The van der Waals surface area contributed by atoms with Gasteiger partial charge in [-0.15, -0.1) is 0 Å². The Bertz CT molecular complexity index is 839. The maximum atomic E-state index is 12.3. The quantitative estimate of drug-likeness (QED) is 0.832. The third kappa shape index (κ3) is 3.76. The van der Waals surface area contributed by atoms with Crippen molar-refractivity contribution in [2.24, 2.45) is 0 Å². The minimum Gasteiger partial charge on any atom is -0.497 e. The molecule has 2 aromatic rings. The minimum atomic E-state index is -0.394. The van der Waals surface area contributed by atoms with Gasteiger partial charge in [0.05, 0.1) is 25.9 Å². The van der Waals surface area contributed by atoms with E-state index >= 15 is 0 Å². The van der Waals surface area contributed by atoms with Gasteiger partial charge in [0.2, 0.25) is 0 Å². The maximum absolute atomic E-state index is 12.3. The Morgan fingerprint density at radius 3 is 2.64 bits per heavy atom. The summed E-state index contributed by atoms with van der Waals surface area (Å²) >= 11 is 0. The SMILES string of the molecule is CCCCN1CNc2c(c(=O)[nH]c(=O)n2Cc2ccc(OC)cc2)C1. The van der Waals surface area contributed by atoms with Crippen LogP contribution in [0.3, 0.4) is 0 Å². The molecule has 0 fully saturated rings. The van der Waals surface area contributed by atoms with E-state index in [2.05, 4.69) is 22.1 Å². The van der Waals surface area contributed by atoms with Gasteiger partial charge >= 0.3 is 5.69 Å². The van der Waals surface area contributed by atoms with Gasteiger partial charge in [0.1, 0.15) is 11.6 Å². The van der Waals surface area contributed by atoms with Gasteiger partial charge in [-0.05, 0) is 24.1 Å². The second-order valence-corrected chi connectivity index (χ2v) is 6.26. The zero-order chi connectivity index (χ0) is 17.8. The molecule has 0 saturated heterocycles. The molecule has 0 amide bonds. The summed E-state index contributed by atoms with van der Waals surface area (Å²) < 4.78 is 6.75. The summed E-state index contributed by atoms with van der Waals surface area (Å²) in [5.41, 5.74) is 0.886. The summed E-state index contributed by atoms with van der Waals surface area (Å²) in [7, 11) is 1.62. The maximum Gasteiger partial charge on any atom is 0.330 e. The number of nitrogens with zero attached hydrogens (tertiary/aromatic N) is 2. The Balaban J connectivity index is 1.90. The molecule has 0 atom stereocenters. The van der Waals surface area contributed by atoms with Crippen molar-refractivity contribution >= 4 is 5.82 Å². The summed E-state index contributed by atoms with van der Waals surface area (Å²) in [6.07, 6.45) is 2.19. The largest absolute Gasteiger partial charge is 0.497 e. The monoisotopic (exact) mass is 344 g/mol. The molecule has 1 aliphatic rings. The van der Waals surface area contributed by atoms with Gasteiger partial charge in [-0.2, -0.15) is 0 Å². The van der Waals surface area contributed by atoms with Crippen LogP contribution in [-0.4, -0.2) is 34.8 Å². The number of ether oxygens (including phenoxy) is 1. The molecular formula is C18H24N4O3. The Morgan fingerprint density at radius 2 is 1.96 bits per heavy atom. The zero-order valence-corrected chi connectivity index (χ0v) is 14.7. The van der Waals surface area contributed by atoms with E-state index in [1.54, 1.807) is 11.7 Å². The molecule has 0 aliphatic carbocycles. The standard InChI is InChI=1S/C18H24N4O3/c1-3-4-9-21-11-15-16(19-12-21)22(18(24)20-17(15)23)10-13-5-7-14(25-2)8-6-13/h5-8,19H,3-4,9-12H2,1-2H3,(H,20,23,24). The van der Waals surface area contributed by atoms with Crippen molar-refractivity contribution in [1.82, 2.24) is 14.5 Å². The smallest absolute Gasteiger partial charge is 0.330 e. The molecular weight excluding hydrogens is 320 g/mol. The van der Waals surface area contributed by atoms with E-state index in [0.29, 0.717) is 31.1 Å². The molecule has 2 heterocycles. The lowest BCUT2D eigenvalue weighted by Gasteiger charge is -2.30. The third-order valence-corrected chi connectivity index (χ3v) is 4.47. The topological polar surface area (TPSA) is 79.4 Å². The van der Waals surface area contributed by atoms with Gasteiger partial charge in [-0.1, -0.05) is 25.5 Å². The molecule has 25 heavy (non-hydrogen) atoms. The van der Waals surface area contributed by atoms with Crippen molar-refractivity contribution < 1.29 is 4.74 Å². The summed E-state index contributed by atoms with van der Waals surface area (Å²) in [5.74, 6) is 1.39. The number of aromatic amines is 1. The van der Waals surface area contributed by atoms with E-state index in [-0.39, 0.29) is 5.56 Å². The number of hydrogen-bond acceptors (Lipinski definition) is 5. The number of hydrogen-bond donors (Lipinski definition) is 2. The third-order valence-electron chi connectivity index (χ3n) is 4.47. The fourth-order valence-corrected chi connectivity index (χ4v) is 3.03. The molecule has 3 rings (SSSR count). The molecule has 0 bridgehead atoms. The highest BCUT2D eigenvalue weighted by Crippen LogP contribution is 2.19. The lowest BCUT2D eigenvalue weighted by molar-refractivity contribution is 0.267. The lowest BCUT2D eigenvalue weighted by Crippen LogP contribution is -2.43. The number of unbranched alkanes of at least 4 members (excludes halogenated alkanes) is 1. The van der Waals surface area contributed by atoms with E-state index in [0.717, 1.165) is 30.7 Å². The van der Waals surface area contributed by atoms with E-state index < -0.39 is 5.69 Å². The van der Waals surface area contributed by atoms with Crippen molar-refractivity contribution in [3.8, 4) is 5.75 Å². The van der Waals surface area contributed by atoms with Crippen LogP contribution in [0.15, 0.2) is 33.9 Å². The normalized spacial score (nSPS) is 14.0. The first kappa shape index (κ1) is 17.3. The molecule has 0 radical (unpaired) electrons. The van der Waals surface area contributed by atoms with E-state index in [9.17, 15) is 9.59 Å². The highest BCUT2D eigenvalue weighted by atomic mass is 16.5. The minimum absolute atomic E-state index is 0.306. The van der Waals surface area contributed by atoms with Crippen molar-refractivity contribution in [2.45, 2.75) is 32.9 Å². The number of benzene rings is 1. The average molecular weight is 344 g/mol. The number of rotatable bonds is 6. The number of anilines is 1.